The lowest BCUT2D eigenvalue weighted by molar-refractivity contribution is 0.789. The maximum Gasteiger partial charge on any atom is 0.123 e. The highest BCUT2D eigenvalue weighted by Gasteiger charge is 2.03. The number of pyridine rings is 1. The lowest BCUT2D eigenvalue weighted by Crippen LogP contribution is -2.18. The maximum atomic E-state index is 5.54. The van der Waals surface area contributed by atoms with Crippen LogP contribution in [0.4, 0.5) is 11.5 Å². The van der Waals surface area contributed by atoms with Crippen molar-refractivity contribution in [3.05, 3.63) is 54.2 Å². The first kappa shape index (κ1) is 11.5. The molecule has 2 rings (SSSR count). The van der Waals surface area contributed by atoms with E-state index in [0.717, 1.165) is 12.1 Å². The van der Waals surface area contributed by atoms with E-state index < -0.39 is 0 Å². The first-order valence-electron chi connectivity index (χ1n) is 5.76. The van der Waals surface area contributed by atoms with E-state index in [2.05, 4.69) is 41.5 Å². The Bertz CT molecular complexity index is 451. The third-order valence-corrected chi connectivity index (χ3v) is 2.58. The summed E-state index contributed by atoms with van der Waals surface area (Å²) in [6.07, 6.45) is 2.75. The van der Waals surface area contributed by atoms with Crippen molar-refractivity contribution in [2.45, 2.75) is 19.4 Å². The van der Waals surface area contributed by atoms with Gasteiger partial charge in [0.2, 0.25) is 0 Å². The molecule has 0 saturated carbocycles. The lowest BCUT2D eigenvalue weighted by atomic mass is 10.1. The van der Waals surface area contributed by atoms with Gasteiger partial charge in [-0.3, -0.25) is 0 Å². The van der Waals surface area contributed by atoms with Gasteiger partial charge in [0.25, 0.3) is 0 Å². The molecule has 0 radical (unpaired) electrons. The molecule has 0 fully saturated rings. The van der Waals surface area contributed by atoms with Crippen LogP contribution in [0.5, 0.6) is 0 Å². The van der Waals surface area contributed by atoms with Crippen molar-refractivity contribution < 1.29 is 0 Å². The minimum atomic E-state index is 0.364. The van der Waals surface area contributed by atoms with Crippen LogP contribution >= 0.6 is 0 Å². The first-order valence-corrected chi connectivity index (χ1v) is 5.76. The molecule has 88 valence electrons. The summed E-state index contributed by atoms with van der Waals surface area (Å²) in [6.45, 7) is 2.16. The van der Waals surface area contributed by atoms with Crippen LogP contribution in [0.25, 0.3) is 0 Å². The van der Waals surface area contributed by atoms with E-state index in [1.54, 1.807) is 12.3 Å². The molecule has 3 N–H and O–H groups in total. The number of hydrogen-bond donors (Lipinski definition) is 2. The Kier molecular flexibility index (Phi) is 3.60. The fourth-order valence-corrected chi connectivity index (χ4v) is 1.79. The molecule has 1 heterocycles. The molecule has 3 nitrogen and oxygen atoms in total. The van der Waals surface area contributed by atoms with Crippen LogP contribution in [0.15, 0.2) is 48.7 Å². The van der Waals surface area contributed by atoms with Gasteiger partial charge in [0.15, 0.2) is 0 Å². The lowest BCUT2D eigenvalue weighted by Gasteiger charge is -2.15. The number of anilines is 2. The molecule has 0 saturated heterocycles. The van der Waals surface area contributed by atoms with Crippen molar-refractivity contribution >= 4 is 11.5 Å². The van der Waals surface area contributed by atoms with Gasteiger partial charge in [-0.05, 0) is 31.0 Å². The van der Waals surface area contributed by atoms with Crippen molar-refractivity contribution in [2.24, 2.45) is 0 Å². The highest BCUT2D eigenvalue weighted by atomic mass is 14.9. The van der Waals surface area contributed by atoms with Crippen LogP contribution in [0, 0.1) is 0 Å². The highest BCUT2D eigenvalue weighted by Crippen LogP contribution is 2.11. The van der Waals surface area contributed by atoms with Gasteiger partial charge in [-0.2, -0.15) is 0 Å². The Labute approximate surface area is 102 Å². The largest absolute Gasteiger partial charge is 0.384 e. The Morgan fingerprint density at radius 2 is 1.94 bits per heavy atom. The average molecular weight is 227 g/mol. The summed E-state index contributed by atoms with van der Waals surface area (Å²) < 4.78 is 0. The van der Waals surface area contributed by atoms with Crippen LogP contribution in [0.1, 0.15) is 12.5 Å². The number of hydrogen-bond acceptors (Lipinski definition) is 3. The van der Waals surface area contributed by atoms with E-state index >= 15 is 0 Å². The quantitative estimate of drug-likeness (QED) is 0.844. The minimum absolute atomic E-state index is 0.364. The third-order valence-electron chi connectivity index (χ3n) is 2.58. The van der Waals surface area contributed by atoms with Crippen LogP contribution < -0.4 is 11.1 Å². The van der Waals surface area contributed by atoms with Crippen molar-refractivity contribution in [2.75, 3.05) is 11.1 Å². The minimum Gasteiger partial charge on any atom is -0.384 e. The second kappa shape index (κ2) is 5.34. The van der Waals surface area contributed by atoms with Gasteiger partial charge < -0.3 is 11.1 Å². The Hall–Kier alpha value is -2.03. The molecule has 1 unspecified atom stereocenters. The molecule has 1 aromatic heterocycles. The standard InChI is InChI=1S/C14H17N3/c1-11(9-12-5-3-2-4-6-12)17-13-7-8-14(15)16-10-13/h2-8,10-11,17H,9H2,1H3,(H2,15,16). The molecule has 17 heavy (non-hydrogen) atoms. The molecule has 0 aliphatic heterocycles. The van der Waals surface area contributed by atoms with Crippen molar-refractivity contribution in [1.29, 1.82) is 0 Å². The molecular weight excluding hydrogens is 210 g/mol. The van der Waals surface area contributed by atoms with Crippen LogP contribution in [0.3, 0.4) is 0 Å². The van der Waals surface area contributed by atoms with Crippen LogP contribution in [-0.2, 0) is 6.42 Å². The van der Waals surface area contributed by atoms with Gasteiger partial charge in [0.05, 0.1) is 11.9 Å². The summed E-state index contributed by atoms with van der Waals surface area (Å²) in [4.78, 5) is 4.05. The van der Waals surface area contributed by atoms with Gasteiger partial charge in [0, 0.05) is 6.04 Å². The Morgan fingerprint density at radius 1 is 1.18 bits per heavy atom. The molecule has 0 amide bonds. The van der Waals surface area contributed by atoms with Gasteiger partial charge in [-0.15, -0.1) is 0 Å². The van der Waals surface area contributed by atoms with E-state index in [0.29, 0.717) is 11.9 Å². The van der Waals surface area contributed by atoms with Gasteiger partial charge in [-0.25, -0.2) is 4.98 Å². The SMILES string of the molecule is CC(Cc1ccccc1)Nc1ccc(N)nc1. The van der Waals surface area contributed by atoms with Crippen molar-refractivity contribution in [1.82, 2.24) is 4.98 Å². The number of rotatable bonds is 4. The van der Waals surface area contributed by atoms with Crippen LogP contribution in [0.2, 0.25) is 0 Å². The van der Waals surface area contributed by atoms with Gasteiger partial charge in [0.1, 0.15) is 5.82 Å². The van der Waals surface area contributed by atoms with Crippen LogP contribution in [-0.4, -0.2) is 11.0 Å². The number of benzene rings is 1. The molecule has 2 aromatic rings. The molecule has 0 aliphatic rings. The monoisotopic (exact) mass is 227 g/mol. The summed E-state index contributed by atoms with van der Waals surface area (Å²) in [5.41, 5.74) is 7.87. The second-order valence-corrected chi connectivity index (χ2v) is 4.21. The number of nitrogens with zero attached hydrogens (tertiary/aromatic N) is 1. The summed E-state index contributed by atoms with van der Waals surface area (Å²) >= 11 is 0. The first-order chi connectivity index (χ1) is 8.24. The molecule has 0 aliphatic carbocycles. The van der Waals surface area contributed by atoms with E-state index in [4.69, 9.17) is 5.73 Å². The smallest absolute Gasteiger partial charge is 0.123 e. The molecule has 0 spiro atoms. The summed E-state index contributed by atoms with van der Waals surface area (Å²) in [6, 6.07) is 14.5. The Balaban J connectivity index is 1.93. The number of nitrogen functional groups attached to an aromatic ring is 1. The predicted molar refractivity (Wildman–Crippen MR) is 71.9 cm³/mol. The summed E-state index contributed by atoms with van der Waals surface area (Å²) in [5, 5.41) is 3.40. The number of nitrogens with two attached hydrogens (primary N) is 1. The van der Waals surface area contributed by atoms with E-state index in [1.807, 2.05) is 12.1 Å². The molecule has 3 heteroatoms. The molecular formula is C14H17N3. The Morgan fingerprint density at radius 3 is 2.59 bits per heavy atom. The third kappa shape index (κ3) is 3.48. The fraction of sp³-hybridized carbons (Fsp3) is 0.214. The topological polar surface area (TPSA) is 50.9 Å². The van der Waals surface area contributed by atoms with Gasteiger partial charge in [-0.1, -0.05) is 30.3 Å². The average Bonchev–Trinajstić information content (AvgIpc) is 2.33. The number of nitrogens with one attached hydrogen (secondary N) is 1. The van der Waals surface area contributed by atoms with Crippen molar-refractivity contribution in [3.63, 3.8) is 0 Å². The van der Waals surface area contributed by atoms with E-state index in [-0.39, 0.29) is 0 Å². The molecule has 0 bridgehead atoms. The predicted octanol–water partition coefficient (Wildman–Crippen LogP) is 2.71. The maximum absolute atomic E-state index is 5.54. The zero-order valence-electron chi connectivity index (χ0n) is 9.93. The van der Waals surface area contributed by atoms with E-state index in [1.165, 1.54) is 5.56 Å². The van der Waals surface area contributed by atoms with Crippen molar-refractivity contribution in [3.8, 4) is 0 Å². The normalized spacial score (nSPS) is 12.1. The summed E-state index contributed by atoms with van der Waals surface area (Å²) in [5.74, 6) is 0.547. The van der Waals surface area contributed by atoms with E-state index in [9.17, 15) is 0 Å². The summed E-state index contributed by atoms with van der Waals surface area (Å²) in [7, 11) is 0. The molecule has 1 atom stereocenters. The zero-order valence-corrected chi connectivity index (χ0v) is 9.93. The van der Waals surface area contributed by atoms with Gasteiger partial charge >= 0.3 is 0 Å². The highest BCUT2D eigenvalue weighted by molar-refractivity contribution is 5.46. The zero-order chi connectivity index (χ0) is 12.1. The fourth-order valence-electron chi connectivity index (χ4n) is 1.79. The molecule has 1 aromatic carbocycles. The number of aromatic nitrogens is 1. The second-order valence-electron chi connectivity index (χ2n) is 4.21.